The number of nitrogens with zero attached hydrogens (tertiary/aromatic N) is 2. The van der Waals surface area contributed by atoms with Gasteiger partial charge in [0.05, 0.1) is 16.6 Å². The summed E-state index contributed by atoms with van der Waals surface area (Å²) in [6.45, 7) is 2.49. The normalized spacial score (nSPS) is 17.4. The Labute approximate surface area is 162 Å². The van der Waals surface area contributed by atoms with E-state index in [2.05, 4.69) is 5.32 Å². The van der Waals surface area contributed by atoms with E-state index in [4.69, 9.17) is 16.3 Å². The van der Waals surface area contributed by atoms with Crippen LogP contribution >= 0.6 is 11.6 Å². The fourth-order valence-electron chi connectivity index (χ4n) is 2.95. The zero-order valence-electron chi connectivity index (χ0n) is 15.1. The number of ether oxygens (including phenoxy) is 1. The molecule has 1 fully saturated rings. The van der Waals surface area contributed by atoms with Crippen LogP contribution in [-0.2, 0) is 19.6 Å². The summed E-state index contributed by atoms with van der Waals surface area (Å²) in [6.07, 6.45) is 0.717. The van der Waals surface area contributed by atoms with Crippen molar-refractivity contribution in [3.05, 3.63) is 33.3 Å². The molecule has 1 amide bonds. The molecule has 0 saturated carbocycles. The molecule has 9 nitrogen and oxygen atoms in total. The molecule has 1 N–H and O–H groups in total. The molecule has 1 aliphatic heterocycles. The van der Waals surface area contributed by atoms with Crippen LogP contribution in [0, 0.1) is 16.0 Å². The molecule has 0 aliphatic carbocycles. The number of carbonyl (C=O) groups is 1. The molecule has 1 aliphatic rings. The van der Waals surface area contributed by atoms with Gasteiger partial charge < -0.3 is 10.1 Å². The molecule has 0 spiro atoms. The topological polar surface area (TPSA) is 119 Å². The van der Waals surface area contributed by atoms with E-state index in [0.29, 0.717) is 19.4 Å². The number of methoxy groups -OCH3 is 1. The van der Waals surface area contributed by atoms with Crippen LogP contribution in [0.3, 0.4) is 0 Å². The first-order chi connectivity index (χ1) is 12.7. The second kappa shape index (κ2) is 8.96. The zero-order valence-corrected chi connectivity index (χ0v) is 16.6. The average Bonchev–Trinajstić information content (AvgIpc) is 2.62. The van der Waals surface area contributed by atoms with Gasteiger partial charge in [-0.25, -0.2) is 8.42 Å². The second-order valence-corrected chi connectivity index (χ2v) is 8.73. The molecule has 1 atom stereocenters. The summed E-state index contributed by atoms with van der Waals surface area (Å²) in [5.74, 6) is -0.429. The molecule has 1 heterocycles. The van der Waals surface area contributed by atoms with Crippen molar-refractivity contribution in [3.63, 3.8) is 0 Å². The lowest BCUT2D eigenvalue weighted by Gasteiger charge is -2.31. The van der Waals surface area contributed by atoms with E-state index in [9.17, 15) is 23.3 Å². The molecule has 2 rings (SSSR count). The highest BCUT2D eigenvalue weighted by Gasteiger charge is 2.34. The molecule has 0 unspecified atom stereocenters. The Balaban J connectivity index is 2.08. The van der Waals surface area contributed by atoms with Crippen LogP contribution in [0.2, 0.25) is 5.02 Å². The summed E-state index contributed by atoms with van der Waals surface area (Å²) in [6, 6.07) is 3.18. The molecule has 0 bridgehead atoms. The molecular weight excluding hydrogens is 398 g/mol. The van der Waals surface area contributed by atoms with Gasteiger partial charge in [-0.05, 0) is 25.8 Å². The van der Waals surface area contributed by atoms with Crippen LogP contribution in [0.1, 0.15) is 19.8 Å². The van der Waals surface area contributed by atoms with E-state index in [0.717, 1.165) is 12.1 Å². The molecule has 27 heavy (non-hydrogen) atoms. The number of nitro groups is 1. The standard InChI is InChI=1S/C16H22ClN3O6S/c1-11(10-26-2)18-16(21)12-5-7-19(8-6-12)27(24,25)15-9-13(20(22)23)3-4-14(15)17/h3-4,9,11-12H,5-8,10H2,1-2H3,(H,18,21)/t11-/m1/s1. The summed E-state index contributed by atoms with van der Waals surface area (Å²) >= 11 is 5.97. The van der Waals surface area contributed by atoms with Crippen molar-refractivity contribution in [1.29, 1.82) is 0 Å². The first-order valence-corrected chi connectivity index (χ1v) is 10.2. The lowest BCUT2D eigenvalue weighted by Crippen LogP contribution is -2.45. The predicted octanol–water partition coefficient (Wildman–Crippen LogP) is 1.80. The van der Waals surface area contributed by atoms with Gasteiger partial charge in [-0.2, -0.15) is 4.31 Å². The van der Waals surface area contributed by atoms with E-state index in [1.54, 1.807) is 7.11 Å². The minimum absolute atomic E-state index is 0.0751. The predicted molar refractivity (Wildman–Crippen MR) is 99.1 cm³/mol. The van der Waals surface area contributed by atoms with Crippen LogP contribution in [-0.4, -0.2) is 56.4 Å². The minimum atomic E-state index is -3.98. The van der Waals surface area contributed by atoms with Crippen LogP contribution in [0.15, 0.2) is 23.1 Å². The van der Waals surface area contributed by atoms with Gasteiger partial charge in [-0.3, -0.25) is 14.9 Å². The van der Waals surface area contributed by atoms with Gasteiger partial charge in [0, 0.05) is 44.3 Å². The highest BCUT2D eigenvalue weighted by molar-refractivity contribution is 7.89. The van der Waals surface area contributed by atoms with Crippen LogP contribution in [0.25, 0.3) is 0 Å². The number of carbonyl (C=O) groups excluding carboxylic acids is 1. The Morgan fingerprint density at radius 1 is 1.44 bits per heavy atom. The first-order valence-electron chi connectivity index (χ1n) is 8.40. The number of nitro benzene ring substituents is 1. The number of nitrogens with one attached hydrogen (secondary N) is 1. The molecule has 150 valence electrons. The third kappa shape index (κ3) is 5.16. The average molecular weight is 420 g/mol. The number of amides is 1. The molecular formula is C16H22ClN3O6S. The summed E-state index contributed by atoms with van der Waals surface area (Å²) in [7, 11) is -2.44. The van der Waals surface area contributed by atoms with Crippen molar-refractivity contribution in [2.75, 3.05) is 26.8 Å². The first kappa shape index (κ1) is 21.5. The SMILES string of the molecule is COC[C@@H](C)NC(=O)C1CCN(S(=O)(=O)c2cc([N+](=O)[O-])ccc2Cl)CC1. The van der Waals surface area contributed by atoms with Crippen molar-refractivity contribution in [1.82, 2.24) is 9.62 Å². The Kier molecular flexibility index (Phi) is 7.15. The van der Waals surface area contributed by atoms with E-state index in [1.807, 2.05) is 6.92 Å². The van der Waals surface area contributed by atoms with Crippen LogP contribution in [0.5, 0.6) is 0 Å². The number of benzene rings is 1. The number of rotatable bonds is 7. The highest BCUT2D eigenvalue weighted by Crippen LogP contribution is 2.31. The fourth-order valence-corrected chi connectivity index (χ4v) is 4.92. The summed E-state index contributed by atoms with van der Waals surface area (Å²) in [5, 5.41) is 13.7. The van der Waals surface area contributed by atoms with Gasteiger partial charge in [0.2, 0.25) is 15.9 Å². The molecule has 0 aromatic heterocycles. The van der Waals surface area contributed by atoms with Crippen molar-refractivity contribution in [2.24, 2.45) is 5.92 Å². The Morgan fingerprint density at radius 3 is 2.63 bits per heavy atom. The lowest BCUT2D eigenvalue weighted by molar-refractivity contribution is -0.385. The quantitative estimate of drug-likeness (QED) is 0.531. The number of non-ortho nitro benzene ring substituents is 1. The summed E-state index contributed by atoms with van der Waals surface area (Å²) in [4.78, 5) is 22.2. The molecule has 1 aromatic rings. The van der Waals surface area contributed by atoms with Crippen molar-refractivity contribution in [2.45, 2.75) is 30.7 Å². The molecule has 1 saturated heterocycles. The Morgan fingerprint density at radius 2 is 2.07 bits per heavy atom. The van der Waals surface area contributed by atoms with Gasteiger partial charge in [-0.1, -0.05) is 11.6 Å². The maximum atomic E-state index is 12.8. The molecule has 11 heteroatoms. The van der Waals surface area contributed by atoms with Crippen molar-refractivity contribution >= 4 is 33.2 Å². The van der Waals surface area contributed by atoms with Crippen LogP contribution in [0.4, 0.5) is 5.69 Å². The molecule has 0 radical (unpaired) electrons. The summed E-state index contributed by atoms with van der Waals surface area (Å²) in [5.41, 5.74) is -0.348. The fraction of sp³-hybridized carbons (Fsp3) is 0.562. The minimum Gasteiger partial charge on any atom is -0.383 e. The van der Waals surface area contributed by atoms with Crippen LogP contribution < -0.4 is 5.32 Å². The van der Waals surface area contributed by atoms with Gasteiger partial charge in [0.1, 0.15) is 4.90 Å². The lowest BCUT2D eigenvalue weighted by atomic mass is 9.97. The maximum absolute atomic E-state index is 12.8. The van der Waals surface area contributed by atoms with E-state index in [-0.39, 0.29) is 46.6 Å². The number of halogens is 1. The smallest absolute Gasteiger partial charge is 0.270 e. The van der Waals surface area contributed by atoms with Crippen molar-refractivity contribution < 1.29 is 22.9 Å². The van der Waals surface area contributed by atoms with Gasteiger partial charge in [0.25, 0.3) is 5.69 Å². The number of piperidine rings is 1. The highest BCUT2D eigenvalue weighted by atomic mass is 35.5. The number of hydrogen-bond acceptors (Lipinski definition) is 6. The number of sulfonamides is 1. The summed E-state index contributed by atoms with van der Waals surface area (Å²) < 4.78 is 31.8. The Bertz CT molecular complexity index is 808. The van der Waals surface area contributed by atoms with Crippen molar-refractivity contribution in [3.8, 4) is 0 Å². The van der Waals surface area contributed by atoms with Gasteiger partial charge >= 0.3 is 0 Å². The zero-order chi connectivity index (χ0) is 20.2. The van der Waals surface area contributed by atoms with Gasteiger partial charge in [-0.15, -0.1) is 0 Å². The van der Waals surface area contributed by atoms with Gasteiger partial charge in [0.15, 0.2) is 0 Å². The van der Waals surface area contributed by atoms with E-state index in [1.165, 1.54) is 10.4 Å². The molecule has 1 aromatic carbocycles. The van der Waals surface area contributed by atoms with E-state index >= 15 is 0 Å². The monoisotopic (exact) mass is 419 g/mol. The largest absolute Gasteiger partial charge is 0.383 e. The second-order valence-electron chi connectivity index (χ2n) is 6.42. The maximum Gasteiger partial charge on any atom is 0.270 e. The van der Waals surface area contributed by atoms with E-state index < -0.39 is 14.9 Å². The third-order valence-corrected chi connectivity index (χ3v) is 6.75. The number of hydrogen-bond donors (Lipinski definition) is 1. The third-order valence-electron chi connectivity index (χ3n) is 4.37. The Hall–Kier alpha value is -1.75.